The van der Waals surface area contributed by atoms with Crippen molar-refractivity contribution in [3.63, 3.8) is 0 Å². The molecule has 0 unspecified atom stereocenters. The molecule has 0 spiro atoms. The van der Waals surface area contributed by atoms with Crippen LogP contribution in [0.4, 0.5) is 0 Å². The Morgan fingerprint density at radius 2 is 1.73 bits per heavy atom. The molecule has 0 aliphatic carbocycles. The first kappa shape index (κ1) is 22.9. The first-order valence-corrected chi connectivity index (χ1v) is 10.2. The Balaban J connectivity index is 0.00000155. The van der Waals surface area contributed by atoms with E-state index in [0.29, 0.717) is 24.0 Å². The van der Waals surface area contributed by atoms with E-state index in [4.69, 9.17) is 4.74 Å². The zero-order chi connectivity index (χ0) is 21.9. The van der Waals surface area contributed by atoms with Crippen LogP contribution in [-0.2, 0) is 13.2 Å². The number of aromatic nitrogens is 3. The van der Waals surface area contributed by atoms with Crippen molar-refractivity contribution in [2.75, 3.05) is 0 Å². The van der Waals surface area contributed by atoms with Gasteiger partial charge in [-0.05, 0) is 36.8 Å². The second-order valence-corrected chi connectivity index (χ2v) is 6.83. The van der Waals surface area contributed by atoms with Gasteiger partial charge in [-0.15, -0.1) is 0 Å². The van der Waals surface area contributed by atoms with E-state index in [1.807, 2.05) is 51.1 Å². The lowest BCUT2D eigenvalue weighted by atomic mass is 10.1. The number of ether oxygens (including phenoxy) is 1. The van der Waals surface area contributed by atoms with Crippen molar-refractivity contribution < 1.29 is 4.74 Å². The van der Waals surface area contributed by atoms with Crippen molar-refractivity contribution in [1.82, 2.24) is 14.5 Å². The maximum absolute atomic E-state index is 12.6. The van der Waals surface area contributed by atoms with Gasteiger partial charge in [-0.3, -0.25) is 4.79 Å². The molecule has 2 aromatic heterocycles. The first-order chi connectivity index (χ1) is 14.5. The van der Waals surface area contributed by atoms with E-state index in [1.165, 1.54) is 6.07 Å². The Labute approximate surface area is 178 Å². The van der Waals surface area contributed by atoms with Crippen LogP contribution in [0.3, 0.4) is 0 Å². The number of hydrogen-bond donors (Lipinski definition) is 0. The van der Waals surface area contributed by atoms with E-state index >= 15 is 0 Å². The van der Waals surface area contributed by atoms with Gasteiger partial charge in [0.1, 0.15) is 12.4 Å². The molecule has 2 heterocycles. The predicted molar refractivity (Wildman–Crippen MR) is 120 cm³/mol. The summed E-state index contributed by atoms with van der Waals surface area (Å²) in [6.07, 6.45) is 3.32. The van der Waals surface area contributed by atoms with Crippen molar-refractivity contribution >= 4 is 0 Å². The van der Waals surface area contributed by atoms with Crippen molar-refractivity contribution in [3.8, 4) is 17.6 Å². The fourth-order valence-electron chi connectivity index (χ4n) is 2.64. The molecule has 0 bridgehead atoms. The Kier molecular flexibility index (Phi) is 8.83. The van der Waals surface area contributed by atoms with Crippen molar-refractivity contribution in [1.29, 1.82) is 0 Å². The van der Waals surface area contributed by atoms with Gasteiger partial charge in [-0.2, -0.15) is 0 Å². The highest BCUT2D eigenvalue weighted by molar-refractivity contribution is 5.36. The molecule has 0 radical (unpaired) electrons. The van der Waals surface area contributed by atoms with Crippen LogP contribution in [0.5, 0.6) is 5.75 Å². The molecule has 0 aliphatic rings. The number of benzene rings is 1. The molecule has 0 amide bonds. The second-order valence-electron chi connectivity index (χ2n) is 6.83. The summed E-state index contributed by atoms with van der Waals surface area (Å²) in [4.78, 5) is 20.8. The lowest BCUT2D eigenvalue weighted by Crippen LogP contribution is -2.22. The highest BCUT2D eigenvalue weighted by atomic mass is 16.5. The smallest absolute Gasteiger partial charge is 0.254 e. The molecule has 30 heavy (non-hydrogen) atoms. The molecule has 3 aromatic rings. The molecule has 0 aliphatic heterocycles. The van der Waals surface area contributed by atoms with E-state index in [-0.39, 0.29) is 12.2 Å². The average Bonchev–Trinajstić information content (AvgIpc) is 2.76. The standard InChI is InChI=1S/C23H23N3O2.C2H6/c1-17(2)5-6-19-7-9-20(10-8-19)15-26-18(3)13-21(14-23(26)27)28-16-22-24-11-4-12-25-22;1-2/h4,7-14,17H,15-16H2,1-3H3;1-2H3. The van der Waals surface area contributed by atoms with Crippen LogP contribution < -0.4 is 10.3 Å². The summed E-state index contributed by atoms with van der Waals surface area (Å²) < 4.78 is 7.39. The van der Waals surface area contributed by atoms with Gasteiger partial charge in [-0.25, -0.2) is 9.97 Å². The molecule has 0 fully saturated rings. The Bertz CT molecular complexity index is 1040. The molecule has 0 saturated carbocycles. The first-order valence-electron chi connectivity index (χ1n) is 10.2. The Morgan fingerprint density at radius 1 is 1.07 bits per heavy atom. The predicted octanol–water partition coefficient (Wildman–Crippen LogP) is 4.61. The number of pyridine rings is 1. The Hall–Kier alpha value is -3.39. The highest BCUT2D eigenvalue weighted by Gasteiger charge is 2.06. The summed E-state index contributed by atoms with van der Waals surface area (Å²) >= 11 is 0. The molecular formula is C25H29N3O2. The van der Waals surface area contributed by atoms with E-state index in [9.17, 15) is 4.79 Å². The third-order valence-corrected chi connectivity index (χ3v) is 4.10. The third kappa shape index (κ3) is 6.89. The van der Waals surface area contributed by atoms with Crippen LogP contribution in [0.25, 0.3) is 0 Å². The molecule has 3 rings (SSSR count). The zero-order valence-corrected chi connectivity index (χ0v) is 18.3. The largest absolute Gasteiger partial charge is 0.485 e. The molecule has 5 heteroatoms. The van der Waals surface area contributed by atoms with Crippen LogP contribution >= 0.6 is 0 Å². The van der Waals surface area contributed by atoms with Gasteiger partial charge in [0.2, 0.25) is 0 Å². The van der Waals surface area contributed by atoms with Gasteiger partial charge in [-0.1, -0.05) is 51.7 Å². The van der Waals surface area contributed by atoms with Crippen LogP contribution in [0, 0.1) is 24.7 Å². The molecule has 0 saturated heterocycles. The number of nitrogens with zero attached hydrogens (tertiary/aromatic N) is 3. The van der Waals surface area contributed by atoms with E-state index in [2.05, 4.69) is 35.7 Å². The lowest BCUT2D eigenvalue weighted by molar-refractivity contribution is 0.294. The minimum Gasteiger partial charge on any atom is -0.485 e. The fraction of sp³-hybridized carbons (Fsp3) is 0.320. The van der Waals surface area contributed by atoms with Crippen molar-refractivity contribution in [2.24, 2.45) is 5.92 Å². The van der Waals surface area contributed by atoms with Crippen LogP contribution in [-0.4, -0.2) is 14.5 Å². The van der Waals surface area contributed by atoms with E-state index < -0.39 is 0 Å². The van der Waals surface area contributed by atoms with Crippen molar-refractivity contribution in [3.05, 3.63) is 87.9 Å². The summed E-state index contributed by atoms with van der Waals surface area (Å²) in [6, 6.07) is 13.1. The lowest BCUT2D eigenvalue weighted by Gasteiger charge is -2.12. The van der Waals surface area contributed by atoms with Gasteiger partial charge in [0.25, 0.3) is 5.56 Å². The van der Waals surface area contributed by atoms with Crippen LogP contribution in [0.1, 0.15) is 50.3 Å². The fourth-order valence-corrected chi connectivity index (χ4v) is 2.64. The average molecular weight is 404 g/mol. The van der Waals surface area contributed by atoms with E-state index in [1.54, 1.807) is 23.0 Å². The molecule has 5 nitrogen and oxygen atoms in total. The van der Waals surface area contributed by atoms with Crippen molar-refractivity contribution in [2.45, 2.75) is 47.8 Å². The zero-order valence-electron chi connectivity index (χ0n) is 18.3. The summed E-state index contributed by atoms with van der Waals surface area (Å²) in [7, 11) is 0. The van der Waals surface area contributed by atoms with Gasteiger partial charge in [0.05, 0.1) is 6.54 Å². The van der Waals surface area contributed by atoms with Crippen LogP contribution in [0.2, 0.25) is 0 Å². The van der Waals surface area contributed by atoms with E-state index in [0.717, 1.165) is 16.8 Å². The maximum atomic E-state index is 12.6. The highest BCUT2D eigenvalue weighted by Crippen LogP contribution is 2.13. The third-order valence-electron chi connectivity index (χ3n) is 4.10. The second kappa shape index (κ2) is 11.6. The monoisotopic (exact) mass is 403 g/mol. The normalized spacial score (nSPS) is 9.93. The molecule has 156 valence electrons. The Morgan fingerprint density at radius 3 is 2.33 bits per heavy atom. The van der Waals surface area contributed by atoms with Gasteiger partial charge in [0.15, 0.2) is 5.82 Å². The molecular weight excluding hydrogens is 374 g/mol. The topological polar surface area (TPSA) is 57.0 Å². The minimum atomic E-state index is -0.104. The minimum absolute atomic E-state index is 0.104. The SMILES string of the molecule is CC.Cc1cc(OCc2ncccn2)cc(=O)n1Cc1ccc(C#CC(C)C)cc1. The maximum Gasteiger partial charge on any atom is 0.254 e. The summed E-state index contributed by atoms with van der Waals surface area (Å²) in [5.41, 5.74) is 2.76. The quantitative estimate of drug-likeness (QED) is 0.584. The number of hydrogen-bond acceptors (Lipinski definition) is 4. The summed E-state index contributed by atoms with van der Waals surface area (Å²) in [5, 5.41) is 0. The van der Waals surface area contributed by atoms with Gasteiger partial charge >= 0.3 is 0 Å². The van der Waals surface area contributed by atoms with Crippen LogP contribution in [0.15, 0.2) is 59.7 Å². The molecule has 0 N–H and O–H groups in total. The molecule has 0 atom stereocenters. The van der Waals surface area contributed by atoms with Gasteiger partial charge in [0, 0.05) is 35.6 Å². The van der Waals surface area contributed by atoms with Gasteiger partial charge < -0.3 is 9.30 Å². The summed E-state index contributed by atoms with van der Waals surface area (Å²) in [5.74, 6) is 7.73. The number of rotatable bonds is 5. The summed E-state index contributed by atoms with van der Waals surface area (Å²) in [6.45, 7) is 10.8. The molecule has 1 aromatic carbocycles. The number of aryl methyl sites for hydroxylation is 1.